The van der Waals surface area contributed by atoms with Gasteiger partial charge in [-0.1, -0.05) is 44.2 Å². The number of hydrogen-bond acceptors (Lipinski definition) is 4. The quantitative estimate of drug-likeness (QED) is 0.696. The molecule has 0 spiro atoms. The molecular formula is C21H29N3O2S. The van der Waals surface area contributed by atoms with Crippen molar-refractivity contribution < 1.29 is 9.59 Å². The van der Waals surface area contributed by atoms with Crippen LogP contribution in [0.5, 0.6) is 0 Å². The van der Waals surface area contributed by atoms with Crippen LogP contribution in [0.15, 0.2) is 41.8 Å². The molecule has 3 amide bonds. The molecule has 0 aliphatic rings. The lowest BCUT2D eigenvalue weighted by Crippen LogP contribution is -2.50. The number of rotatable bonds is 6. The van der Waals surface area contributed by atoms with Crippen LogP contribution >= 0.6 is 11.3 Å². The SMILES string of the molecule is CC(C)c1ccc([C@@H](NCC(=O)NC(=O)NC(C)(C)C)c2cccs2)cc1. The summed E-state index contributed by atoms with van der Waals surface area (Å²) in [5, 5.41) is 10.4. The Hall–Kier alpha value is -2.18. The van der Waals surface area contributed by atoms with Gasteiger partial charge < -0.3 is 5.32 Å². The first-order valence-electron chi connectivity index (χ1n) is 9.14. The van der Waals surface area contributed by atoms with Crippen molar-refractivity contribution in [2.24, 2.45) is 0 Å². The molecule has 146 valence electrons. The summed E-state index contributed by atoms with van der Waals surface area (Å²) in [5.41, 5.74) is 1.98. The van der Waals surface area contributed by atoms with E-state index in [1.165, 1.54) is 5.56 Å². The van der Waals surface area contributed by atoms with Gasteiger partial charge in [0.25, 0.3) is 0 Å². The van der Waals surface area contributed by atoms with Crippen LogP contribution in [-0.4, -0.2) is 24.0 Å². The fourth-order valence-corrected chi connectivity index (χ4v) is 3.48. The molecule has 6 heteroatoms. The van der Waals surface area contributed by atoms with Crippen LogP contribution in [0.3, 0.4) is 0 Å². The van der Waals surface area contributed by atoms with Crippen LogP contribution in [0.2, 0.25) is 0 Å². The maximum absolute atomic E-state index is 12.2. The minimum Gasteiger partial charge on any atom is -0.333 e. The third-order valence-electron chi connectivity index (χ3n) is 3.97. The van der Waals surface area contributed by atoms with E-state index in [1.807, 2.05) is 38.3 Å². The van der Waals surface area contributed by atoms with Crippen molar-refractivity contribution >= 4 is 23.3 Å². The lowest BCUT2D eigenvalue weighted by atomic mass is 9.98. The maximum Gasteiger partial charge on any atom is 0.321 e. The molecule has 1 heterocycles. The van der Waals surface area contributed by atoms with E-state index < -0.39 is 11.6 Å². The Morgan fingerprint density at radius 2 is 1.67 bits per heavy atom. The Kier molecular flexibility index (Phi) is 7.16. The van der Waals surface area contributed by atoms with Gasteiger partial charge in [-0.25, -0.2) is 4.79 Å². The number of nitrogens with one attached hydrogen (secondary N) is 3. The summed E-state index contributed by atoms with van der Waals surface area (Å²) >= 11 is 1.64. The van der Waals surface area contributed by atoms with Crippen LogP contribution < -0.4 is 16.0 Å². The standard InChI is InChI=1S/C21H29N3O2S/c1-14(2)15-8-10-16(11-9-15)19(17-7-6-12-27-17)22-13-18(25)23-20(26)24-21(3,4)5/h6-12,14,19,22H,13H2,1-5H3,(H2,23,24,25,26)/t19-/m1/s1. The molecule has 1 aromatic heterocycles. The molecular weight excluding hydrogens is 358 g/mol. The molecule has 3 N–H and O–H groups in total. The second-order valence-corrected chi connectivity index (χ2v) is 8.88. The summed E-state index contributed by atoms with van der Waals surface area (Å²) in [6.07, 6.45) is 0. The highest BCUT2D eigenvalue weighted by Crippen LogP contribution is 2.27. The highest BCUT2D eigenvalue weighted by Gasteiger charge is 2.19. The third kappa shape index (κ3) is 6.81. The number of thiophene rings is 1. The van der Waals surface area contributed by atoms with E-state index >= 15 is 0 Å². The summed E-state index contributed by atoms with van der Waals surface area (Å²) in [5.74, 6) is 0.108. The minimum atomic E-state index is -0.483. The van der Waals surface area contributed by atoms with E-state index in [1.54, 1.807) is 11.3 Å². The monoisotopic (exact) mass is 387 g/mol. The van der Waals surface area contributed by atoms with Crippen molar-refractivity contribution in [3.63, 3.8) is 0 Å². The number of amides is 3. The fourth-order valence-electron chi connectivity index (χ4n) is 2.65. The van der Waals surface area contributed by atoms with E-state index in [9.17, 15) is 9.59 Å². The predicted octanol–water partition coefficient (Wildman–Crippen LogP) is 4.17. The van der Waals surface area contributed by atoms with Gasteiger partial charge >= 0.3 is 6.03 Å². The molecule has 0 radical (unpaired) electrons. The number of hydrogen-bond donors (Lipinski definition) is 3. The van der Waals surface area contributed by atoms with Crippen molar-refractivity contribution in [1.82, 2.24) is 16.0 Å². The average Bonchev–Trinajstić information content (AvgIpc) is 3.07. The van der Waals surface area contributed by atoms with Gasteiger partial charge in [-0.2, -0.15) is 0 Å². The number of urea groups is 1. The van der Waals surface area contributed by atoms with Crippen LogP contribution in [0.25, 0.3) is 0 Å². The first-order chi connectivity index (χ1) is 12.7. The molecule has 1 atom stereocenters. The summed E-state index contributed by atoms with van der Waals surface area (Å²) in [4.78, 5) is 25.1. The molecule has 0 saturated heterocycles. The molecule has 5 nitrogen and oxygen atoms in total. The largest absolute Gasteiger partial charge is 0.333 e. The van der Waals surface area contributed by atoms with Crippen molar-refractivity contribution in [2.45, 2.75) is 52.1 Å². The van der Waals surface area contributed by atoms with Gasteiger partial charge in [0.05, 0.1) is 12.6 Å². The van der Waals surface area contributed by atoms with Crippen molar-refractivity contribution in [3.8, 4) is 0 Å². The number of carbonyl (C=O) groups excluding carboxylic acids is 2. The molecule has 27 heavy (non-hydrogen) atoms. The minimum absolute atomic E-state index is 0.0477. The van der Waals surface area contributed by atoms with Crippen LogP contribution in [0, 0.1) is 0 Å². The van der Waals surface area contributed by atoms with Gasteiger partial charge in [-0.3, -0.25) is 15.4 Å². The molecule has 0 bridgehead atoms. The van der Waals surface area contributed by atoms with Gasteiger partial charge in [0.1, 0.15) is 0 Å². The maximum atomic E-state index is 12.2. The summed E-state index contributed by atoms with van der Waals surface area (Å²) in [6, 6.07) is 11.9. The molecule has 2 rings (SSSR count). The first kappa shape index (κ1) is 21.1. The van der Waals surface area contributed by atoms with Gasteiger partial charge in [-0.15, -0.1) is 11.3 Å². The molecule has 2 aromatic rings. The summed E-state index contributed by atoms with van der Waals surface area (Å²) in [6.45, 7) is 9.97. The zero-order chi connectivity index (χ0) is 20.0. The smallest absolute Gasteiger partial charge is 0.321 e. The van der Waals surface area contributed by atoms with E-state index in [0.717, 1.165) is 10.4 Å². The Morgan fingerprint density at radius 1 is 1.04 bits per heavy atom. The molecule has 0 saturated carbocycles. The average molecular weight is 388 g/mol. The zero-order valence-corrected chi connectivity index (χ0v) is 17.4. The van der Waals surface area contributed by atoms with Gasteiger partial charge in [0.2, 0.25) is 5.91 Å². The second-order valence-electron chi connectivity index (χ2n) is 7.90. The van der Waals surface area contributed by atoms with Crippen molar-refractivity contribution in [1.29, 1.82) is 0 Å². The zero-order valence-electron chi connectivity index (χ0n) is 16.6. The number of imide groups is 1. The van der Waals surface area contributed by atoms with Gasteiger partial charge in [0.15, 0.2) is 0 Å². The first-order valence-corrected chi connectivity index (χ1v) is 10.0. The topological polar surface area (TPSA) is 70.2 Å². The highest BCUT2D eigenvalue weighted by atomic mass is 32.1. The fraction of sp³-hybridized carbons (Fsp3) is 0.429. The van der Waals surface area contributed by atoms with Crippen molar-refractivity contribution in [2.75, 3.05) is 6.54 Å². The Bertz CT molecular complexity index is 747. The Labute approximate surface area is 165 Å². The summed E-state index contributed by atoms with van der Waals surface area (Å²) in [7, 11) is 0. The number of carbonyl (C=O) groups is 2. The van der Waals surface area contributed by atoms with Gasteiger partial charge in [0, 0.05) is 10.4 Å². The normalized spacial score (nSPS) is 12.7. The van der Waals surface area contributed by atoms with Gasteiger partial charge in [-0.05, 0) is 49.3 Å². The lowest BCUT2D eigenvalue weighted by Gasteiger charge is -2.21. The summed E-state index contributed by atoms with van der Waals surface area (Å²) < 4.78 is 0. The van der Waals surface area contributed by atoms with E-state index in [4.69, 9.17) is 0 Å². The van der Waals surface area contributed by atoms with E-state index in [-0.39, 0.29) is 18.5 Å². The Morgan fingerprint density at radius 3 is 2.19 bits per heavy atom. The number of benzene rings is 1. The van der Waals surface area contributed by atoms with Crippen LogP contribution in [0.4, 0.5) is 4.79 Å². The highest BCUT2D eigenvalue weighted by molar-refractivity contribution is 7.10. The van der Waals surface area contributed by atoms with Crippen LogP contribution in [0.1, 0.15) is 62.6 Å². The second kappa shape index (κ2) is 9.15. The lowest BCUT2D eigenvalue weighted by molar-refractivity contribution is -0.119. The van der Waals surface area contributed by atoms with Crippen LogP contribution in [-0.2, 0) is 4.79 Å². The molecule has 0 aliphatic heterocycles. The van der Waals surface area contributed by atoms with E-state index in [2.05, 4.69) is 54.1 Å². The molecule has 0 fully saturated rings. The Balaban J connectivity index is 2.04. The molecule has 1 aromatic carbocycles. The van der Waals surface area contributed by atoms with Crippen molar-refractivity contribution in [3.05, 3.63) is 57.8 Å². The predicted molar refractivity (Wildman–Crippen MR) is 111 cm³/mol. The molecule has 0 aliphatic carbocycles. The molecule has 0 unspecified atom stereocenters. The van der Waals surface area contributed by atoms with E-state index in [0.29, 0.717) is 5.92 Å². The third-order valence-corrected chi connectivity index (χ3v) is 4.91.